The van der Waals surface area contributed by atoms with Crippen LogP contribution in [-0.2, 0) is 17.0 Å². The number of aryl methyl sites for hydroxylation is 1. The third kappa shape index (κ3) is 3.09. The molecule has 0 spiro atoms. The van der Waals surface area contributed by atoms with E-state index in [9.17, 15) is 4.79 Å². The molecule has 0 radical (unpaired) electrons. The molecule has 6 nitrogen and oxygen atoms in total. The molecule has 0 aliphatic carbocycles. The minimum absolute atomic E-state index is 0.0243. The van der Waals surface area contributed by atoms with Gasteiger partial charge in [0.1, 0.15) is 5.82 Å². The van der Waals surface area contributed by atoms with E-state index < -0.39 is 0 Å². The fraction of sp³-hybridized carbons (Fsp3) is 0.400. The molecule has 0 N–H and O–H groups in total. The number of benzene rings is 2. The summed E-state index contributed by atoms with van der Waals surface area (Å²) in [6.07, 6.45) is 0.925. The minimum atomic E-state index is -0.0243. The number of hydrogen-bond acceptors (Lipinski definition) is 5. The summed E-state index contributed by atoms with van der Waals surface area (Å²) in [7, 11) is 0. The molecule has 0 amide bonds. The van der Waals surface area contributed by atoms with Crippen molar-refractivity contribution in [2.45, 2.75) is 23.6 Å². The van der Waals surface area contributed by atoms with E-state index in [1.807, 2.05) is 6.07 Å². The second-order valence-corrected chi connectivity index (χ2v) is 7.97. The summed E-state index contributed by atoms with van der Waals surface area (Å²) < 4.78 is 8.83. The van der Waals surface area contributed by atoms with Crippen molar-refractivity contribution in [2.24, 2.45) is 0 Å². The number of thioether (sulfide) groups is 1. The molecular formula is C20H22N4O2S. The first-order chi connectivity index (χ1) is 13.3. The molecule has 7 heteroatoms. The first-order valence-electron chi connectivity index (χ1n) is 9.45. The van der Waals surface area contributed by atoms with Gasteiger partial charge in [-0.15, -0.1) is 11.8 Å². The van der Waals surface area contributed by atoms with Crippen LogP contribution in [0.3, 0.4) is 0 Å². The van der Waals surface area contributed by atoms with Crippen molar-refractivity contribution >= 4 is 22.5 Å². The number of rotatable bonds is 4. The Labute approximate surface area is 161 Å². The fourth-order valence-electron chi connectivity index (χ4n) is 3.90. The van der Waals surface area contributed by atoms with Crippen LogP contribution in [0.25, 0.3) is 16.5 Å². The zero-order valence-electron chi connectivity index (χ0n) is 15.1. The lowest BCUT2D eigenvalue weighted by molar-refractivity contribution is 0.0368. The van der Waals surface area contributed by atoms with Crippen molar-refractivity contribution in [2.75, 3.05) is 32.8 Å². The Morgan fingerprint density at radius 1 is 1.07 bits per heavy atom. The van der Waals surface area contributed by atoms with Crippen LogP contribution in [0.5, 0.6) is 0 Å². The second-order valence-electron chi connectivity index (χ2n) is 6.99. The molecule has 0 atom stereocenters. The lowest BCUT2D eigenvalue weighted by Gasteiger charge is -2.26. The summed E-state index contributed by atoms with van der Waals surface area (Å²) in [6, 6.07) is 12.5. The molecule has 0 bridgehead atoms. The van der Waals surface area contributed by atoms with Crippen LogP contribution in [0.1, 0.15) is 12.2 Å². The van der Waals surface area contributed by atoms with Crippen LogP contribution in [0, 0.1) is 0 Å². The maximum atomic E-state index is 13.0. The fourth-order valence-corrected chi connectivity index (χ4v) is 5.01. The highest BCUT2D eigenvalue weighted by Crippen LogP contribution is 2.38. The van der Waals surface area contributed by atoms with E-state index in [0.717, 1.165) is 56.5 Å². The summed E-state index contributed by atoms with van der Waals surface area (Å²) in [6.45, 7) is 5.20. The Bertz CT molecular complexity index is 1040. The highest BCUT2D eigenvalue weighted by molar-refractivity contribution is 7.99. The largest absolute Gasteiger partial charge is 0.379 e. The van der Waals surface area contributed by atoms with Gasteiger partial charge in [0.15, 0.2) is 0 Å². The van der Waals surface area contributed by atoms with Crippen molar-refractivity contribution in [1.29, 1.82) is 0 Å². The van der Waals surface area contributed by atoms with Gasteiger partial charge in [-0.05, 0) is 23.3 Å². The molecule has 3 aromatic rings. The quantitative estimate of drug-likeness (QED) is 0.694. The molecule has 2 aliphatic heterocycles. The van der Waals surface area contributed by atoms with Crippen LogP contribution >= 0.6 is 11.8 Å². The monoisotopic (exact) mass is 382 g/mol. The lowest BCUT2D eigenvalue weighted by atomic mass is 10.1. The first kappa shape index (κ1) is 17.0. The number of nitrogens with zero attached hydrogens (tertiary/aromatic N) is 4. The molecule has 3 heterocycles. The summed E-state index contributed by atoms with van der Waals surface area (Å²) in [5, 5.41) is 7.03. The lowest BCUT2D eigenvalue weighted by Crippen LogP contribution is -2.37. The standard InChI is InChI=1S/C20H22N4O2S/c25-20-23(9-3-8-22-10-12-26-13-11-22)21-18-14-27-19-16-5-2-1-4-15(16)6-7-17(19)24(18)20/h1-2,4-7H,3,8-14H2. The van der Waals surface area contributed by atoms with Gasteiger partial charge >= 0.3 is 5.69 Å². The maximum absolute atomic E-state index is 13.0. The SMILES string of the molecule is O=c1n(CCCN2CCOCC2)nc2n1-c1ccc3ccccc3c1SC2. The van der Waals surface area contributed by atoms with Crippen LogP contribution in [0.15, 0.2) is 46.1 Å². The van der Waals surface area contributed by atoms with Crippen molar-refractivity contribution in [3.8, 4) is 5.69 Å². The second kappa shape index (κ2) is 7.14. The molecule has 5 rings (SSSR count). The van der Waals surface area contributed by atoms with Crippen LogP contribution in [0.2, 0.25) is 0 Å². The van der Waals surface area contributed by atoms with Crippen molar-refractivity contribution in [1.82, 2.24) is 19.2 Å². The molecule has 27 heavy (non-hydrogen) atoms. The molecule has 1 saturated heterocycles. The number of aromatic nitrogens is 3. The van der Waals surface area contributed by atoms with Crippen LogP contribution in [0.4, 0.5) is 0 Å². The summed E-state index contributed by atoms with van der Waals surface area (Å²) in [5.74, 6) is 1.58. The number of fused-ring (bicyclic) bond motifs is 5. The van der Waals surface area contributed by atoms with E-state index >= 15 is 0 Å². The number of hydrogen-bond donors (Lipinski definition) is 0. The topological polar surface area (TPSA) is 52.3 Å². The van der Waals surface area contributed by atoms with Gasteiger partial charge in [0.25, 0.3) is 0 Å². The molecule has 1 aromatic heterocycles. The van der Waals surface area contributed by atoms with Gasteiger partial charge in [-0.1, -0.05) is 30.3 Å². The molecule has 2 aromatic carbocycles. The molecular weight excluding hydrogens is 360 g/mol. The van der Waals surface area contributed by atoms with Gasteiger partial charge in [-0.2, -0.15) is 5.10 Å². The molecule has 1 fully saturated rings. The van der Waals surface area contributed by atoms with E-state index in [0.29, 0.717) is 6.54 Å². The Morgan fingerprint density at radius 2 is 1.93 bits per heavy atom. The van der Waals surface area contributed by atoms with Gasteiger partial charge in [-0.3, -0.25) is 4.90 Å². The normalized spacial score (nSPS) is 17.0. The van der Waals surface area contributed by atoms with Crippen molar-refractivity contribution < 1.29 is 4.74 Å². The molecule has 0 saturated carbocycles. The molecule has 0 unspecified atom stereocenters. The van der Waals surface area contributed by atoms with E-state index in [2.05, 4.69) is 40.3 Å². The van der Waals surface area contributed by atoms with E-state index in [1.54, 1.807) is 21.0 Å². The Kier molecular flexibility index (Phi) is 4.51. The summed E-state index contributed by atoms with van der Waals surface area (Å²) in [4.78, 5) is 16.6. The van der Waals surface area contributed by atoms with Crippen molar-refractivity contribution in [3.63, 3.8) is 0 Å². The van der Waals surface area contributed by atoms with Gasteiger partial charge in [0.2, 0.25) is 0 Å². The summed E-state index contributed by atoms with van der Waals surface area (Å²) in [5.41, 5.74) is 0.938. The summed E-state index contributed by atoms with van der Waals surface area (Å²) >= 11 is 1.77. The first-order valence-corrected chi connectivity index (χ1v) is 10.4. The van der Waals surface area contributed by atoms with Gasteiger partial charge < -0.3 is 4.74 Å². The zero-order valence-corrected chi connectivity index (χ0v) is 16.0. The molecule has 140 valence electrons. The average Bonchev–Trinajstić information content (AvgIpc) is 3.04. The maximum Gasteiger partial charge on any atom is 0.350 e. The Balaban J connectivity index is 1.42. The number of ether oxygens (including phenoxy) is 1. The van der Waals surface area contributed by atoms with E-state index in [4.69, 9.17) is 4.74 Å². The minimum Gasteiger partial charge on any atom is -0.379 e. The third-order valence-corrected chi connectivity index (χ3v) is 6.42. The van der Waals surface area contributed by atoms with Gasteiger partial charge in [-0.25, -0.2) is 14.0 Å². The number of morpholine rings is 1. The predicted molar refractivity (Wildman–Crippen MR) is 107 cm³/mol. The third-order valence-electron chi connectivity index (χ3n) is 5.30. The Hall–Kier alpha value is -2.09. The van der Waals surface area contributed by atoms with E-state index in [1.165, 1.54) is 15.7 Å². The van der Waals surface area contributed by atoms with E-state index in [-0.39, 0.29) is 5.69 Å². The van der Waals surface area contributed by atoms with Crippen molar-refractivity contribution in [3.05, 3.63) is 52.7 Å². The predicted octanol–water partition coefficient (Wildman–Crippen LogP) is 2.52. The van der Waals surface area contributed by atoms with Crippen LogP contribution in [-0.4, -0.2) is 52.1 Å². The smallest absolute Gasteiger partial charge is 0.350 e. The average molecular weight is 382 g/mol. The Morgan fingerprint density at radius 3 is 2.81 bits per heavy atom. The van der Waals surface area contributed by atoms with Gasteiger partial charge in [0.05, 0.1) is 24.7 Å². The molecule has 2 aliphatic rings. The highest BCUT2D eigenvalue weighted by atomic mass is 32.2. The highest BCUT2D eigenvalue weighted by Gasteiger charge is 2.24. The van der Waals surface area contributed by atoms with Crippen LogP contribution < -0.4 is 5.69 Å². The zero-order chi connectivity index (χ0) is 18.2. The van der Waals surface area contributed by atoms with Gasteiger partial charge in [0, 0.05) is 31.1 Å².